The Balaban J connectivity index is 1.55. The smallest absolute Gasteiger partial charge is 0.416 e. The minimum Gasteiger partial charge on any atom is -0.492 e. The molecule has 0 bridgehead atoms. The molecule has 0 saturated carbocycles. The predicted molar refractivity (Wildman–Crippen MR) is 85.0 cm³/mol. The van der Waals surface area contributed by atoms with Crippen molar-refractivity contribution in [1.29, 1.82) is 0 Å². The number of ether oxygens (including phenoxy) is 1. The van der Waals surface area contributed by atoms with Crippen molar-refractivity contribution in [3.63, 3.8) is 0 Å². The van der Waals surface area contributed by atoms with Crippen LogP contribution in [-0.4, -0.2) is 24.6 Å². The largest absolute Gasteiger partial charge is 0.492 e. The highest BCUT2D eigenvalue weighted by molar-refractivity contribution is 5.47. The van der Waals surface area contributed by atoms with Gasteiger partial charge < -0.3 is 4.74 Å². The first kappa shape index (κ1) is 15.5. The summed E-state index contributed by atoms with van der Waals surface area (Å²) in [5, 5.41) is 0. The number of fused-ring (bicyclic) bond motifs is 2. The molecule has 2 aromatic rings. The molecule has 2 aliphatic rings. The highest BCUT2D eigenvalue weighted by Crippen LogP contribution is 2.46. The zero-order valence-electron chi connectivity index (χ0n) is 13.1. The average Bonchev–Trinajstić information content (AvgIpc) is 3.13. The van der Waals surface area contributed by atoms with E-state index in [2.05, 4.69) is 17.0 Å². The number of likely N-dealkylation sites (tertiary alicyclic amines) is 1. The molecule has 126 valence electrons. The number of hydrogen-bond acceptors (Lipinski definition) is 2. The highest BCUT2D eigenvalue weighted by Gasteiger charge is 2.46. The van der Waals surface area contributed by atoms with E-state index in [0.717, 1.165) is 37.7 Å². The van der Waals surface area contributed by atoms with Gasteiger partial charge in [-0.05, 0) is 30.7 Å². The Hall–Kier alpha value is -2.01. The lowest BCUT2D eigenvalue weighted by molar-refractivity contribution is -0.137. The van der Waals surface area contributed by atoms with Crippen molar-refractivity contribution < 1.29 is 17.9 Å². The first-order chi connectivity index (χ1) is 11.5. The quantitative estimate of drug-likeness (QED) is 0.815. The van der Waals surface area contributed by atoms with Crippen molar-refractivity contribution in [2.75, 3.05) is 19.7 Å². The summed E-state index contributed by atoms with van der Waals surface area (Å²) in [4.78, 5) is 2.35. The summed E-state index contributed by atoms with van der Waals surface area (Å²) in [5.74, 6) is 0.395. The third-order valence-corrected chi connectivity index (χ3v) is 5.07. The topological polar surface area (TPSA) is 12.5 Å². The molecule has 0 N–H and O–H groups in total. The van der Waals surface area contributed by atoms with Crippen LogP contribution < -0.4 is 4.74 Å². The van der Waals surface area contributed by atoms with Crippen LogP contribution in [0.25, 0.3) is 0 Å². The Kier molecular flexibility index (Phi) is 3.57. The average molecular weight is 333 g/mol. The van der Waals surface area contributed by atoms with Gasteiger partial charge in [0.25, 0.3) is 0 Å². The molecule has 1 atom stereocenters. The van der Waals surface area contributed by atoms with Gasteiger partial charge in [-0.2, -0.15) is 13.2 Å². The van der Waals surface area contributed by atoms with Gasteiger partial charge in [-0.25, -0.2) is 0 Å². The third-order valence-electron chi connectivity index (χ3n) is 5.07. The van der Waals surface area contributed by atoms with Gasteiger partial charge in [-0.1, -0.05) is 36.4 Å². The molecule has 1 unspecified atom stereocenters. The van der Waals surface area contributed by atoms with Crippen molar-refractivity contribution in [3.8, 4) is 5.75 Å². The summed E-state index contributed by atoms with van der Waals surface area (Å²) >= 11 is 0. The minimum atomic E-state index is -4.33. The third kappa shape index (κ3) is 2.67. The minimum absolute atomic E-state index is 0.172. The molecule has 2 nitrogen and oxygen atoms in total. The summed E-state index contributed by atoms with van der Waals surface area (Å²) in [6, 6.07) is 14.2. The van der Waals surface area contributed by atoms with E-state index in [1.807, 2.05) is 18.2 Å². The molecule has 2 heterocycles. The van der Waals surface area contributed by atoms with Crippen molar-refractivity contribution in [2.45, 2.75) is 24.6 Å². The molecule has 0 aromatic heterocycles. The van der Waals surface area contributed by atoms with Gasteiger partial charge in [-0.3, -0.25) is 4.90 Å². The van der Waals surface area contributed by atoms with Crippen LogP contribution in [0.4, 0.5) is 13.2 Å². The molecule has 1 fully saturated rings. The Morgan fingerprint density at radius 3 is 2.62 bits per heavy atom. The molecule has 2 aliphatic heterocycles. The first-order valence-corrected chi connectivity index (χ1v) is 8.07. The van der Waals surface area contributed by atoms with Crippen LogP contribution in [0.2, 0.25) is 0 Å². The Labute approximate surface area is 138 Å². The van der Waals surface area contributed by atoms with Crippen LogP contribution in [-0.2, 0) is 18.1 Å². The Morgan fingerprint density at radius 1 is 1.08 bits per heavy atom. The molecule has 0 aliphatic carbocycles. The standard InChI is InChI=1S/C19H18F3NO/c20-19(21,22)15-6-7-16-17(10-15)24-13-18(16)8-9-23(12-18)11-14-4-2-1-3-5-14/h1-7,10H,8-9,11-13H2. The normalized spacial score (nSPS) is 23.5. The fourth-order valence-electron chi connectivity index (χ4n) is 3.82. The molecule has 2 aromatic carbocycles. The number of halogens is 3. The van der Waals surface area contributed by atoms with Crippen molar-refractivity contribution in [3.05, 3.63) is 65.2 Å². The zero-order valence-corrected chi connectivity index (χ0v) is 13.1. The number of rotatable bonds is 2. The number of benzene rings is 2. The second-order valence-corrected chi connectivity index (χ2v) is 6.72. The van der Waals surface area contributed by atoms with Gasteiger partial charge in [0, 0.05) is 24.1 Å². The van der Waals surface area contributed by atoms with E-state index in [-0.39, 0.29) is 5.41 Å². The van der Waals surface area contributed by atoms with Crippen LogP contribution in [0.15, 0.2) is 48.5 Å². The van der Waals surface area contributed by atoms with Crippen molar-refractivity contribution in [2.24, 2.45) is 0 Å². The number of hydrogen-bond donors (Lipinski definition) is 0. The van der Waals surface area contributed by atoms with Crippen LogP contribution in [0.3, 0.4) is 0 Å². The van der Waals surface area contributed by atoms with E-state index >= 15 is 0 Å². The molecule has 5 heteroatoms. The maximum absolute atomic E-state index is 12.9. The molecule has 1 spiro atoms. The van der Waals surface area contributed by atoms with E-state index in [1.165, 1.54) is 11.6 Å². The monoisotopic (exact) mass is 333 g/mol. The maximum Gasteiger partial charge on any atom is 0.416 e. The van der Waals surface area contributed by atoms with Gasteiger partial charge in [-0.15, -0.1) is 0 Å². The maximum atomic E-state index is 12.9. The Bertz CT molecular complexity index is 744. The zero-order chi connectivity index (χ0) is 16.8. The van der Waals surface area contributed by atoms with Gasteiger partial charge in [0.15, 0.2) is 0 Å². The SMILES string of the molecule is FC(F)(F)c1ccc2c(c1)OCC21CCN(Cc2ccccc2)C1. The fourth-order valence-corrected chi connectivity index (χ4v) is 3.82. The second kappa shape index (κ2) is 5.52. The molecule has 1 saturated heterocycles. The van der Waals surface area contributed by atoms with Crippen LogP contribution in [0, 0.1) is 0 Å². The fraction of sp³-hybridized carbons (Fsp3) is 0.368. The summed E-state index contributed by atoms with van der Waals surface area (Å²) < 4.78 is 44.2. The lowest BCUT2D eigenvalue weighted by Crippen LogP contribution is -2.32. The van der Waals surface area contributed by atoms with E-state index in [9.17, 15) is 13.2 Å². The molecular weight excluding hydrogens is 315 g/mol. The molecule has 0 radical (unpaired) electrons. The lowest BCUT2D eigenvalue weighted by atomic mass is 9.81. The van der Waals surface area contributed by atoms with Crippen molar-refractivity contribution >= 4 is 0 Å². The summed E-state index contributed by atoms with van der Waals surface area (Å²) in [7, 11) is 0. The van der Waals surface area contributed by atoms with E-state index < -0.39 is 11.7 Å². The van der Waals surface area contributed by atoms with Crippen LogP contribution >= 0.6 is 0 Å². The van der Waals surface area contributed by atoms with Gasteiger partial charge >= 0.3 is 6.18 Å². The molecule has 0 amide bonds. The van der Waals surface area contributed by atoms with Crippen LogP contribution in [0.5, 0.6) is 5.75 Å². The van der Waals surface area contributed by atoms with E-state index in [1.54, 1.807) is 6.07 Å². The number of alkyl halides is 3. The molecular formula is C19H18F3NO. The van der Waals surface area contributed by atoms with Gasteiger partial charge in [0.2, 0.25) is 0 Å². The summed E-state index contributed by atoms with van der Waals surface area (Å²) in [6.45, 7) is 3.08. The highest BCUT2D eigenvalue weighted by atomic mass is 19.4. The molecule has 4 rings (SSSR count). The van der Waals surface area contributed by atoms with Gasteiger partial charge in [0.1, 0.15) is 5.75 Å². The van der Waals surface area contributed by atoms with Gasteiger partial charge in [0.05, 0.1) is 12.2 Å². The lowest BCUT2D eigenvalue weighted by Gasteiger charge is -2.23. The molecule has 24 heavy (non-hydrogen) atoms. The summed E-state index contributed by atoms with van der Waals surface area (Å²) in [6.07, 6.45) is -3.42. The van der Waals surface area contributed by atoms with Crippen molar-refractivity contribution in [1.82, 2.24) is 4.90 Å². The van der Waals surface area contributed by atoms with E-state index in [0.29, 0.717) is 12.4 Å². The van der Waals surface area contributed by atoms with Crippen LogP contribution in [0.1, 0.15) is 23.1 Å². The summed E-state index contributed by atoms with van der Waals surface area (Å²) in [5.41, 5.74) is 1.36. The van der Waals surface area contributed by atoms with E-state index in [4.69, 9.17) is 4.74 Å². The Morgan fingerprint density at radius 2 is 1.88 bits per heavy atom. The second-order valence-electron chi connectivity index (χ2n) is 6.72. The number of nitrogens with zero attached hydrogens (tertiary/aromatic N) is 1. The first-order valence-electron chi connectivity index (χ1n) is 8.07. The predicted octanol–water partition coefficient (Wildman–Crippen LogP) is 4.24.